The number of carboxylic acid groups (broad SMARTS) is 1. The number of allylic oxidation sites excluding steroid dienone is 2. The zero-order chi connectivity index (χ0) is 9.52. The van der Waals surface area contributed by atoms with Crippen LogP contribution in [0.25, 0.3) is 0 Å². The Morgan fingerprint density at radius 1 is 1.42 bits per heavy atom. The Hall–Kier alpha value is -0.790. The molecule has 68 valence electrons. The molecule has 0 amide bonds. The first-order valence-corrected chi connectivity index (χ1v) is 4.25. The minimum atomic E-state index is -0.664. The van der Waals surface area contributed by atoms with Crippen LogP contribution in [0.15, 0.2) is 11.6 Å². The van der Waals surface area contributed by atoms with Crippen molar-refractivity contribution in [2.45, 2.75) is 27.7 Å². The van der Waals surface area contributed by atoms with Gasteiger partial charge in [0.15, 0.2) is 0 Å². The molecule has 2 nitrogen and oxygen atoms in total. The summed E-state index contributed by atoms with van der Waals surface area (Å²) in [5.41, 5.74) is 1.17. The molecule has 0 radical (unpaired) electrons. The standard InChI is InChI=1S/C10H16O2/c1-6(2)5-7-8(9(11)12)10(7,3)4/h5,7-8H,1-4H3,(H,11,12)/t7?,8-/m0/s1. The molecule has 1 fully saturated rings. The molecule has 0 bridgehead atoms. The van der Waals surface area contributed by atoms with Crippen LogP contribution < -0.4 is 0 Å². The summed E-state index contributed by atoms with van der Waals surface area (Å²) < 4.78 is 0. The van der Waals surface area contributed by atoms with Gasteiger partial charge in [0.05, 0.1) is 5.92 Å². The maximum atomic E-state index is 10.7. The molecule has 1 rings (SSSR count). The van der Waals surface area contributed by atoms with Crippen molar-refractivity contribution in [1.29, 1.82) is 0 Å². The maximum Gasteiger partial charge on any atom is 0.307 e. The highest BCUT2D eigenvalue weighted by Crippen LogP contribution is 2.59. The Kier molecular flexibility index (Phi) is 2.02. The van der Waals surface area contributed by atoms with Crippen LogP contribution in [0.4, 0.5) is 0 Å². The number of rotatable bonds is 2. The zero-order valence-corrected chi connectivity index (χ0v) is 8.09. The van der Waals surface area contributed by atoms with Crippen molar-refractivity contribution in [1.82, 2.24) is 0 Å². The highest BCUT2D eigenvalue weighted by molar-refractivity contribution is 5.76. The van der Waals surface area contributed by atoms with E-state index in [1.165, 1.54) is 5.57 Å². The lowest BCUT2D eigenvalue weighted by atomic mass is 10.1. The summed E-state index contributed by atoms with van der Waals surface area (Å²) >= 11 is 0. The fraction of sp³-hybridized carbons (Fsp3) is 0.700. The van der Waals surface area contributed by atoms with Gasteiger partial charge in [-0.15, -0.1) is 0 Å². The molecule has 1 aliphatic rings. The molecule has 1 saturated carbocycles. The van der Waals surface area contributed by atoms with E-state index >= 15 is 0 Å². The van der Waals surface area contributed by atoms with Crippen molar-refractivity contribution >= 4 is 5.97 Å². The van der Waals surface area contributed by atoms with Gasteiger partial charge in [-0.1, -0.05) is 25.5 Å². The SMILES string of the molecule is CC(C)=CC1[C@@H](C(=O)O)C1(C)C. The maximum absolute atomic E-state index is 10.7. The molecule has 0 heterocycles. The van der Waals surface area contributed by atoms with Gasteiger partial charge in [-0.05, 0) is 25.2 Å². The fourth-order valence-electron chi connectivity index (χ4n) is 1.82. The second-order valence-electron chi connectivity index (χ2n) is 4.41. The van der Waals surface area contributed by atoms with Crippen LogP contribution in [0.1, 0.15) is 27.7 Å². The van der Waals surface area contributed by atoms with E-state index in [1.807, 2.05) is 27.7 Å². The highest BCUT2D eigenvalue weighted by Gasteiger charge is 2.60. The van der Waals surface area contributed by atoms with Crippen molar-refractivity contribution in [2.75, 3.05) is 0 Å². The highest BCUT2D eigenvalue weighted by atomic mass is 16.4. The molecule has 2 atom stereocenters. The van der Waals surface area contributed by atoms with E-state index in [2.05, 4.69) is 6.08 Å². The summed E-state index contributed by atoms with van der Waals surface area (Å²) in [6, 6.07) is 0. The summed E-state index contributed by atoms with van der Waals surface area (Å²) in [7, 11) is 0. The molecule has 12 heavy (non-hydrogen) atoms. The van der Waals surface area contributed by atoms with Crippen molar-refractivity contribution in [2.24, 2.45) is 17.3 Å². The van der Waals surface area contributed by atoms with Crippen molar-refractivity contribution < 1.29 is 9.90 Å². The average Bonchev–Trinajstić information content (AvgIpc) is 2.32. The summed E-state index contributed by atoms with van der Waals surface area (Å²) in [6.07, 6.45) is 2.07. The summed E-state index contributed by atoms with van der Waals surface area (Å²) in [5.74, 6) is -0.602. The minimum Gasteiger partial charge on any atom is -0.481 e. The number of aliphatic carboxylic acids is 1. The van der Waals surface area contributed by atoms with Crippen molar-refractivity contribution in [3.8, 4) is 0 Å². The molecule has 0 saturated heterocycles. The van der Waals surface area contributed by atoms with Gasteiger partial charge < -0.3 is 5.11 Å². The van der Waals surface area contributed by atoms with Gasteiger partial charge in [0.2, 0.25) is 0 Å². The predicted molar refractivity (Wildman–Crippen MR) is 47.8 cm³/mol. The van der Waals surface area contributed by atoms with Crippen LogP contribution in [0, 0.1) is 17.3 Å². The van der Waals surface area contributed by atoms with E-state index in [0.717, 1.165) is 0 Å². The largest absolute Gasteiger partial charge is 0.481 e. The average molecular weight is 168 g/mol. The Morgan fingerprint density at radius 2 is 1.92 bits per heavy atom. The van der Waals surface area contributed by atoms with E-state index in [1.54, 1.807) is 0 Å². The Balaban J connectivity index is 2.73. The van der Waals surface area contributed by atoms with Crippen LogP contribution >= 0.6 is 0 Å². The topological polar surface area (TPSA) is 37.3 Å². The molecule has 2 heteroatoms. The lowest BCUT2D eigenvalue weighted by Gasteiger charge is -1.96. The fourth-order valence-corrected chi connectivity index (χ4v) is 1.82. The molecule has 0 spiro atoms. The molecule has 0 aliphatic heterocycles. The second kappa shape index (κ2) is 2.61. The quantitative estimate of drug-likeness (QED) is 0.642. The molecule has 0 aromatic heterocycles. The number of hydrogen-bond acceptors (Lipinski definition) is 1. The normalized spacial score (nSPS) is 31.0. The smallest absolute Gasteiger partial charge is 0.307 e. The molecule has 1 aliphatic carbocycles. The first-order valence-electron chi connectivity index (χ1n) is 4.25. The lowest BCUT2D eigenvalue weighted by molar-refractivity contribution is -0.139. The first kappa shape index (κ1) is 9.30. The van der Waals surface area contributed by atoms with Gasteiger partial charge in [-0.2, -0.15) is 0 Å². The Bertz CT molecular complexity index is 234. The van der Waals surface area contributed by atoms with Gasteiger partial charge in [-0.25, -0.2) is 0 Å². The van der Waals surface area contributed by atoms with Gasteiger partial charge in [0, 0.05) is 0 Å². The predicted octanol–water partition coefficient (Wildman–Crippen LogP) is 2.31. The Labute approximate surface area is 73.3 Å². The third-order valence-corrected chi connectivity index (χ3v) is 2.69. The number of carbonyl (C=O) groups is 1. The molecule has 1 N–H and O–H groups in total. The molecule has 0 aromatic carbocycles. The van der Waals surface area contributed by atoms with Crippen LogP contribution in [-0.2, 0) is 4.79 Å². The van der Waals surface area contributed by atoms with E-state index < -0.39 is 5.97 Å². The van der Waals surface area contributed by atoms with Crippen LogP contribution in [0.2, 0.25) is 0 Å². The number of carboxylic acids is 1. The molecular weight excluding hydrogens is 152 g/mol. The zero-order valence-electron chi connectivity index (χ0n) is 8.09. The molecular formula is C10H16O2. The van der Waals surface area contributed by atoms with Crippen molar-refractivity contribution in [3.63, 3.8) is 0 Å². The third kappa shape index (κ3) is 1.38. The van der Waals surface area contributed by atoms with Gasteiger partial charge in [-0.3, -0.25) is 4.79 Å². The lowest BCUT2D eigenvalue weighted by Crippen LogP contribution is -2.02. The minimum absolute atomic E-state index is 0.0386. The van der Waals surface area contributed by atoms with E-state index in [4.69, 9.17) is 5.11 Å². The van der Waals surface area contributed by atoms with E-state index in [-0.39, 0.29) is 17.3 Å². The van der Waals surface area contributed by atoms with E-state index in [0.29, 0.717) is 0 Å². The van der Waals surface area contributed by atoms with Gasteiger partial charge >= 0.3 is 5.97 Å². The molecule has 0 aromatic rings. The van der Waals surface area contributed by atoms with Gasteiger partial charge in [0.1, 0.15) is 0 Å². The van der Waals surface area contributed by atoms with Crippen LogP contribution in [0.3, 0.4) is 0 Å². The summed E-state index contributed by atoms with van der Waals surface area (Å²) in [6.45, 7) is 8.03. The van der Waals surface area contributed by atoms with Crippen LogP contribution in [-0.4, -0.2) is 11.1 Å². The monoisotopic (exact) mass is 168 g/mol. The first-order chi connectivity index (χ1) is 5.37. The Morgan fingerprint density at radius 3 is 2.17 bits per heavy atom. The second-order valence-corrected chi connectivity index (χ2v) is 4.41. The number of hydrogen-bond donors (Lipinski definition) is 1. The summed E-state index contributed by atoms with van der Waals surface area (Å²) in [4.78, 5) is 10.7. The van der Waals surface area contributed by atoms with Gasteiger partial charge in [0.25, 0.3) is 0 Å². The molecule has 1 unspecified atom stereocenters. The third-order valence-electron chi connectivity index (χ3n) is 2.69. The van der Waals surface area contributed by atoms with Crippen LogP contribution in [0.5, 0.6) is 0 Å². The summed E-state index contributed by atoms with van der Waals surface area (Å²) in [5, 5.41) is 8.84. The van der Waals surface area contributed by atoms with E-state index in [9.17, 15) is 4.79 Å². The van der Waals surface area contributed by atoms with Crippen molar-refractivity contribution in [3.05, 3.63) is 11.6 Å².